The minimum absolute atomic E-state index is 0.161. The van der Waals surface area contributed by atoms with Crippen molar-refractivity contribution in [2.45, 2.75) is 25.4 Å². The number of carbonyl (C=O) groups is 1. The minimum atomic E-state index is 0.161. The standard InChI is InChI=1S/C21H23N3O2S/c1-23(15-18-14-19(22-26-18)16-6-3-2-4-7-16)17-9-11-24(12-10-17)21(25)20-8-5-13-27-20/h2-8,13-14,17H,9-12,15H2,1H3. The molecule has 140 valence electrons. The third-order valence-electron chi connectivity index (χ3n) is 5.14. The molecule has 6 heteroatoms. The first-order valence-electron chi connectivity index (χ1n) is 9.25. The molecule has 5 nitrogen and oxygen atoms in total. The van der Waals surface area contributed by atoms with Crippen molar-refractivity contribution in [2.75, 3.05) is 20.1 Å². The van der Waals surface area contributed by atoms with Crippen LogP contribution in [0.15, 0.2) is 58.4 Å². The fourth-order valence-electron chi connectivity index (χ4n) is 3.57. The molecule has 4 rings (SSSR count). The highest BCUT2D eigenvalue weighted by Crippen LogP contribution is 2.23. The summed E-state index contributed by atoms with van der Waals surface area (Å²) < 4.78 is 5.53. The van der Waals surface area contributed by atoms with Crippen molar-refractivity contribution in [3.05, 3.63) is 64.5 Å². The van der Waals surface area contributed by atoms with E-state index in [2.05, 4.69) is 17.1 Å². The van der Waals surface area contributed by atoms with Gasteiger partial charge in [0, 0.05) is 30.8 Å². The van der Waals surface area contributed by atoms with E-state index in [0.717, 1.165) is 54.4 Å². The zero-order valence-electron chi connectivity index (χ0n) is 15.4. The number of nitrogens with zero attached hydrogens (tertiary/aromatic N) is 3. The number of amides is 1. The molecule has 27 heavy (non-hydrogen) atoms. The summed E-state index contributed by atoms with van der Waals surface area (Å²) in [4.78, 5) is 17.6. The fraction of sp³-hybridized carbons (Fsp3) is 0.333. The lowest BCUT2D eigenvalue weighted by Gasteiger charge is -2.36. The summed E-state index contributed by atoms with van der Waals surface area (Å²) in [5.74, 6) is 1.03. The normalized spacial score (nSPS) is 15.4. The van der Waals surface area contributed by atoms with Crippen LogP contribution >= 0.6 is 11.3 Å². The van der Waals surface area contributed by atoms with E-state index in [0.29, 0.717) is 6.04 Å². The molecule has 2 aromatic heterocycles. The molecule has 1 fully saturated rings. The van der Waals surface area contributed by atoms with Gasteiger partial charge in [0.25, 0.3) is 5.91 Å². The molecule has 0 spiro atoms. The van der Waals surface area contributed by atoms with Crippen molar-refractivity contribution in [1.82, 2.24) is 15.0 Å². The van der Waals surface area contributed by atoms with Crippen molar-refractivity contribution in [3.8, 4) is 11.3 Å². The molecular weight excluding hydrogens is 358 g/mol. The third kappa shape index (κ3) is 4.12. The number of piperidine rings is 1. The van der Waals surface area contributed by atoms with Crippen LogP contribution in [0.2, 0.25) is 0 Å². The number of likely N-dealkylation sites (tertiary alicyclic amines) is 1. The van der Waals surface area contributed by atoms with Crippen LogP contribution in [-0.2, 0) is 6.54 Å². The predicted molar refractivity (Wildman–Crippen MR) is 107 cm³/mol. The Bertz CT molecular complexity index is 868. The highest BCUT2D eigenvalue weighted by atomic mass is 32.1. The van der Waals surface area contributed by atoms with Crippen molar-refractivity contribution in [1.29, 1.82) is 0 Å². The van der Waals surface area contributed by atoms with Crippen LogP contribution in [-0.4, -0.2) is 47.0 Å². The maximum Gasteiger partial charge on any atom is 0.263 e. The van der Waals surface area contributed by atoms with E-state index in [1.54, 1.807) is 0 Å². The molecule has 0 bridgehead atoms. The van der Waals surface area contributed by atoms with Gasteiger partial charge in [0.05, 0.1) is 11.4 Å². The van der Waals surface area contributed by atoms with Crippen LogP contribution in [0.3, 0.4) is 0 Å². The van der Waals surface area contributed by atoms with E-state index in [1.807, 2.05) is 58.8 Å². The molecule has 1 aliphatic rings. The van der Waals surface area contributed by atoms with Gasteiger partial charge in [-0.1, -0.05) is 41.6 Å². The highest BCUT2D eigenvalue weighted by molar-refractivity contribution is 7.12. The summed E-state index contributed by atoms with van der Waals surface area (Å²) >= 11 is 1.51. The molecule has 0 radical (unpaired) electrons. The van der Waals surface area contributed by atoms with Crippen LogP contribution in [0, 0.1) is 0 Å². The van der Waals surface area contributed by atoms with E-state index in [1.165, 1.54) is 11.3 Å². The Labute approximate surface area is 163 Å². The van der Waals surface area contributed by atoms with Gasteiger partial charge in [-0.25, -0.2) is 0 Å². The maximum atomic E-state index is 12.5. The van der Waals surface area contributed by atoms with Crippen LogP contribution in [0.1, 0.15) is 28.3 Å². The summed E-state index contributed by atoms with van der Waals surface area (Å²) in [6.07, 6.45) is 1.96. The number of hydrogen-bond acceptors (Lipinski definition) is 5. The lowest BCUT2D eigenvalue weighted by molar-refractivity contribution is 0.0636. The van der Waals surface area contributed by atoms with E-state index < -0.39 is 0 Å². The van der Waals surface area contributed by atoms with Gasteiger partial charge < -0.3 is 9.42 Å². The Hall–Kier alpha value is -2.44. The second kappa shape index (κ2) is 8.06. The van der Waals surface area contributed by atoms with Gasteiger partial charge in [-0.2, -0.15) is 0 Å². The second-order valence-electron chi connectivity index (χ2n) is 6.96. The van der Waals surface area contributed by atoms with Crippen LogP contribution < -0.4 is 0 Å². The molecule has 0 unspecified atom stereocenters. The maximum absolute atomic E-state index is 12.5. The monoisotopic (exact) mass is 381 g/mol. The van der Waals surface area contributed by atoms with Crippen LogP contribution in [0.25, 0.3) is 11.3 Å². The van der Waals surface area contributed by atoms with Gasteiger partial charge in [-0.15, -0.1) is 11.3 Å². The number of hydrogen-bond donors (Lipinski definition) is 0. The van der Waals surface area contributed by atoms with Crippen LogP contribution in [0.5, 0.6) is 0 Å². The van der Waals surface area contributed by atoms with E-state index in [4.69, 9.17) is 4.52 Å². The summed E-state index contributed by atoms with van der Waals surface area (Å²) in [5, 5.41) is 6.15. The van der Waals surface area contributed by atoms with Crippen molar-refractivity contribution < 1.29 is 9.32 Å². The summed E-state index contributed by atoms with van der Waals surface area (Å²) in [6, 6.07) is 16.4. The number of benzene rings is 1. The highest BCUT2D eigenvalue weighted by Gasteiger charge is 2.26. The van der Waals surface area contributed by atoms with Crippen molar-refractivity contribution in [2.24, 2.45) is 0 Å². The molecule has 0 atom stereocenters. The van der Waals surface area contributed by atoms with Gasteiger partial charge in [-0.3, -0.25) is 9.69 Å². The Balaban J connectivity index is 1.32. The first-order valence-corrected chi connectivity index (χ1v) is 10.1. The smallest absolute Gasteiger partial charge is 0.263 e. The number of thiophene rings is 1. The molecule has 0 aliphatic carbocycles. The lowest BCUT2D eigenvalue weighted by Crippen LogP contribution is -2.45. The van der Waals surface area contributed by atoms with Gasteiger partial charge in [0.2, 0.25) is 0 Å². The molecule has 1 amide bonds. The molecule has 1 aromatic carbocycles. The average Bonchev–Trinajstić information content (AvgIpc) is 3.40. The molecule has 3 heterocycles. The molecule has 0 N–H and O–H groups in total. The zero-order valence-corrected chi connectivity index (χ0v) is 16.2. The number of aromatic nitrogens is 1. The van der Waals surface area contributed by atoms with E-state index in [9.17, 15) is 4.79 Å². The number of carbonyl (C=O) groups excluding carboxylic acids is 1. The Morgan fingerprint density at radius 1 is 1.22 bits per heavy atom. The zero-order chi connectivity index (χ0) is 18.6. The van der Waals surface area contributed by atoms with Crippen LogP contribution in [0.4, 0.5) is 0 Å². The summed E-state index contributed by atoms with van der Waals surface area (Å²) in [6.45, 7) is 2.33. The number of rotatable bonds is 5. The van der Waals surface area contributed by atoms with Crippen molar-refractivity contribution in [3.63, 3.8) is 0 Å². The van der Waals surface area contributed by atoms with Gasteiger partial charge in [-0.05, 0) is 31.3 Å². The predicted octanol–water partition coefficient (Wildman–Crippen LogP) is 4.14. The quantitative estimate of drug-likeness (QED) is 0.666. The van der Waals surface area contributed by atoms with Gasteiger partial charge in [0.15, 0.2) is 5.76 Å². The van der Waals surface area contributed by atoms with Gasteiger partial charge >= 0.3 is 0 Å². The summed E-state index contributed by atoms with van der Waals surface area (Å²) in [7, 11) is 2.12. The Morgan fingerprint density at radius 3 is 2.70 bits per heavy atom. The second-order valence-corrected chi connectivity index (χ2v) is 7.91. The fourth-order valence-corrected chi connectivity index (χ4v) is 4.26. The third-order valence-corrected chi connectivity index (χ3v) is 6.00. The first kappa shape index (κ1) is 17.9. The van der Waals surface area contributed by atoms with Crippen molar-refractivity contribution >= 4 is 17.2 Å². The lowest BCUT2D eigenvalue weighted by atomic mass is 10.0. The molecule has 0 saturated carbocycles. The van der Waals surface area contributed by atoms with Gasteiger partial charge in [0.1, 0.15) is 5.69 Å². The Morgan fingerprint density at radius 2 is 2.00 bits per heavy atom. The molecule has 1 aliphatic heterocycles. The molecule has 3 aromatic rings. The van der Waals surface area contributed by atoms with E-state index >= 15 is 0 Å². The average molecular weight is 382 g/mol. The summed E-state index contributed by atoms with van der Waals surface area (Å²) in [5.41, 5.74) is 1.94. The molecular formula is C21H23N3O2S. The topological polar surface area (TPSA) is 49.6 Å². The SMILES string of the molecule is CN(Cc1cc(-c2ccccc2)no1)C1CCN(C(=O)c2cccs2)CC1. The van der Waals surface area contributed by atoms with E-state index in [-0.39, 0.29) is 5.91 Å². The Kier molecular flexibility index (Phi) is 5.36. The molecule has 1 saturated heterocycles. The largest absolute Gasteiger partial charge is 0.359 e. The minimum Gasteiger partial charge on any atom is -0.359 e. The first-order chi connectivity index (χ1) is 13.2.